The van der Waals surface area contributed by atoms with Crippen LogP contribution in [0.5, 0.6) is 0 Å². The van der Waals surface area contributed by atoms with E-state index in [1.165, 1.54) is 5.56 Å². The SMILES string of the molecule is O=C(CCCl)NCCc1cccc(Br)c1. The Kier molecular flexibility index (Phi) is 5.73. The van der Waals surface area contributed by atoms with Crippen molar-refractivity contribution in [2.75, 3.05) is 12.4 Å². The van der Waals surface area contributed by atoms with Crippen molar-refractivity contribution in [2.45, 2.75) is 12.8 Å². The van der Waals surface area contributed by atoms with Gasteiger partial charge in [0.1, 0.15) is 0 Å². The minimum absolute atomic E-state index is 0.0139. The predicted octanol–water partition coefficient (Wildman–Crippen LogP) is 2.74. The fourth-order valence-electron chi connectivity index (χ4n) is 1.21. The van der Waals surface area contributed by atoms with Gasteiger partial charge < -0.3 is 5.32 Å². The lowest BCUT2D eigenvalue weighted by molar-refractivity contribution is -0.120. The Labute approximate surface area is 103 Å². The third-order valence-corrected chi connectivity index (χ3v) is 2.63. The van der Waals surface area contributed by atoms with E-state index in [4.69, 9.17) is 11.6 Å². The van der Waals surface area contributed by atoms with Crippen molar-refractivity contribution >= 4 is 33.4 Å². The van der Waals surface area contributed by atoms with E-state index in [-0.39, 0.29) is 5.91 Å². The summed E-state index contributed by atoms with van der Waals surface area (Å²) in [7, 11) is 0. The zero-order chi connectivity index (χ0) is 11.1. The van der Waals surface area contributed by atoms with Gasteiger partial charge in [0, 0.05) is 23.3 Å². The number of rotatable bonds is 5. The molecule has 1 N–H and O–H groups in total. The number of carbonyl (C=O) groups is 1. The van der Waals surface area contributed by atoms with Crippen LogP contribution in [0.25, 0.3) is 0 Å². The van der Waals surface area contributed by atoms with Crippen molar-refractivity contribution in [3.8, 4) is 0 Å². The van der Waals surface area contributed by atoms with Crippen LogP contribution in [0.2, 0.25) is 0 Å². The topological polar surface area (TPSA) is 29.1 Å². The summed E-state index contributed by atoms with van der Waals surface area (Å²) in [5.74, 6) is 0.392. The van der Waals surface area contributed by atoms with Crippen molar-refractivity contribution in [2.24, 2.45) is 0 Å². The summed E-state index contributed by atoms with van der Waals surface area (Å²) in [5.41, 5.74) is 1.20. The van der Waals surface area contributed by atoms with E-state index >= 15 is 0 Å². The molecule has 0 fully saturated rings. The number of hydrogen-bond donors (Lipinski definition) is 1. The Balaban J connectivity index is 2.28. The second-order valence-corrected chi connectivity index (χ2v) is 4.46. The predicted molar refractivity (Wildman–Crippen MR) is 66.2 cm³/mol. The molecule has 1 rings (SSSR count). The Morgan fingerprint density at radius 2 is 2.27 bits per heavy atom. The first kappa shape index (κ1) is 12.5. The van der Waals surface area contributed by atoms with Crippen LogP contribution in [0.3, 0.4) is 0 Å². The second kappa shape index (κ2) is 6.85. The minimum Gasteiger partial charge on any atom is -0.356 e. The molecule has 0 bridgehead atoms. The van der Waals surface area contributed by atoms with Crippen LogP contribution < -0.4 is 5.32 Å². The molecule has 2 nitrogen and oxygen atoms in total. The monoisotopic (exact) mass is 289 g/mol. The molecular formula is C11H13BrClNO. The molecule has 82 valence electrons. The van der Waals surface area contributed by atoms with Crippen molar-refractivity contribution in [3.05, 3.63) is 34.3 Å². The number of amides is 1. The number of benzene rings is 1. The fraction of sp³-hybridized carbons (Fsp3) is 0.364. The van der Waals surface area contributed by atoms with E-state index in [0.29, 0.717) is 18.8 Å². The van der Waals surface area contributed by atoms with Gasteiger partial charge in [0.15, 0.2) is 0 Å². The van der Waals surface area contributed by atoms with Crippen LogP contribution in [-0.4, -0.2) is 18.3 Å². The van der Waals surface area contributed by atoms with E-state index in [1.54, 1.807) is 0 Å². The summed E-state index contributed by atoms with van der Waals surface area (Å²) in [5, 5.41) is 2.81. The Bertz CT molecular complexity index is 330. The maximum atomic E-state index is 11.1. The highest BCUT2D eigenvalue weighted by Gasteiger charge is 1.99. The van der Waals surface area contributed by atoms with Gasteiger partial charge in [-0.15, -0.1) is 11.6 Å². The molecule has 4 heteroatoms. The largest absolute Gasteiger partial charge is 0.356 e. The zero-order valence-corrected chi connectivity index (χ0v) is 10.6. The van der Waals surface area contributed by atoms with E-state index in [9.17, 15) is 4.79 Å². The van der Waals surface area contributed by atoms with Crippen LogP contribution >= 0.6 is 27.5 Å². The number of alkyl halides is 1. The van der Waals surface area contributed by atoms with E-state index in [1.807, 2.05) is 24.3 Å². The first-order valence-electron chi connectivity index (χ1n) is 4.79. The van der Waals surface area contributed by atoms with Gasteiger partial charge in [0.05, 0.1) is 0 Å². The highest BCUT2D eigenvalue weighted by Crippen LogP contribution is 2.11. The van der Waals surface area contributed by atoms with Crippen LogP contribution in [0, 0.1) is 0 Å². The van der Waals surface area contributed by atoms with E-state index in [2.05, 4.69) is 21.2 Å². The third kappa shape index (κ3) is 5.19. The van der Waals surface area contributed by atoms with E-state index < -0.39 is 0 Å². The lowest BCUT2D eigenvalue weighted by Gasteiger charge is -2.04. The van der Waals surface area contributed by atoms with Crippen LogP contribution in [0.15, 0.2) is 28.7 Å². The molecule has 1 aromatic carbocycles. The molecule has 0 heterocycles. The molecule has 0 saturated heterocycles. The van der Waals surface area contributed by atoms with Gasteiger partial charge in [-0.25, -0.2) is 0 Å². The van der Waals surface area contributed by atoms with Crippen molar-refractivity contribution in [3.63, 3.8) is 0 Å². The van der Waals surface area contributed by atoms with Crippen molar-refractivity contribution in [1.82, 2.24) is 5.32 Å². The maximum absolute atomic E-state index is 11.1. The fourth-order valence-corrected chi connectivity index (χ4v) is 1.83. The molecule has 15 heavy (non-hydrogen) atoms. The smallest absolute Gasteiger partial charge is 0.221 e. The van der Waals surface area contributed by atoms with Gasteiger partial charge in [0.25, 0.3) is 0 Å². The number of halogens is 2. The Morgan fingerprint density at radius 3 is 2.93 bits per heavy atom. The molecule has 1 aromatic rings. The van der Waals surface area contributed by atoms with Crippen LogP contribution in [0.4, 0.5) is 0 Å². The lowest BCUT2D eigenvalue weighted by atomic mass is 10.1. The van der Waals surface area contributed by atoms with Gasteiger partial charge in [-0.05, 0) is 24.1 Å². The standard InChI is InChI=1S/C11H13BrClNO/c12-10-3-1-2-9(8-10)5-7-14-11(15)4-6-13/h1-3,8H,4-7H2,(H,14,15). The highest BCUT2D eigenvalue weighted by atomic mass is 79.9. The molecule has 0 aliphatic carbocycles. The van der Waals surface area contributed by atoms with Crippen molar-refractivity contribution in [1.29, 1.82) is 0 Å². The van der Waals surface area contributed by atoms with Gasteiger partial charge in [-0.3, -0.25) is 4.79 Å². The summed E-state index contributed by atoms with van der Waals surface area (Å²) in [6.07, 6.45) is 1.23. The average molecular weight is 291 g/mol. The molecule has 0 aliphatic heterocycles. The zero-order valence-electron chi connectivity index (χ0n) is 8.30. The Morgan fingerprint density at radius 1 is 1.47 bits per heavy atom. The molecule has 0 aromatic heterocycles. The van der Waals surface area contributed by atoms with Gasteiger partial charge in [0.2, 0.25) is 5.91 Å². The van der Waals surface area contributed by atoms with Gasteiger partial charge in [-0.1, -0.05) is 28.1 Å². The summed E-state index contributed by atoms with van der Waals surface area (Å²) < 4.78 is 1.06. The molecule has 0 saturated carbocycles. The maximum Gasteiger partial charge on any atom is 0.221 e. The van der Waals surface area contributed by atoms with Crippen LogP contribution in [0.1, 0.15) is 12.0 Å². The number of hydrogen-bond acceptors (Lipinski definition) is 1. The average Bonchev–Trinajstić information content (AvgIpc) is 2.18. The normalized spacial score (nSPS) is 10.0. The van der Waals surface area contributed by atoms with E-state index in [0.717, 1.165) is 10.9 Å². The second-order valence-electron chi connectivity index (χ2n) is 3.17. The molecular weight excluding hydrogens is 277 g/mol. The number of carbonyl (C=O) groups excluding carboxylic acids is 1. The third-order valence-electron chi connectivity index (χ3n) is 1.95. The summed E-state index contributed by atoms with van der Waals surface area (Å²) in [4.78, 5) is 11.1. The molecule has 0 atom stereocenters. The molecule has 0 spiro atoms. The highest BCUT2D eigenvalue weighted by molar-refractivity contribution is 9.10. The Hall–Kier alpha value is -0.540. The summed E-state index contributed by atoms with van der Waals surface area (Å²) in [6, 6.07) is 8.06. The van der Waals surface area contributed by atoms with Gasteiger partial charge in [-0.2, -0.15) is 0 Å². The molecule has 0 unspecified atom stereocenters. The van der Waals surface area contributed by atoms with Crippen molar-refractivity contribution < 1.29 is 4.79 Å². The molecule has 0 radical (unpaired) electrons. The lowest BCUT2D eigenvalue weighted by Crippen LogP contribution is -2.25. The molecule has 0 aliphatic rings. The summed E-state index contributed by atoms with van der Waals surface area (Å²) >= 11 is 8.85. The number of nitrogens with one attached hydrogen (secondary N) is 1. The first-order chi connectivity index (χ1) is 7.22. The first-order valence-corrected chi connectivity index (χ1v) is 6.12. The quantitative estimate of drug-likeness (QED) is 0.830. The molecule has 1 amide bonds. The van der Waals surface area contributed by atoms with Crippen LogP contribution in [-0.2, 0) is 11.2 Å². The summed E-state index contributed by atoms with van der Waals surface area (Å²) in [6.45, 7) is 0.659. The van der Waals surface area contributed by atoms with Gasteiger partial charge >= 0.3 is 0 Å². The minimum atomic E-state index is 0.0139.